The number of rotatable bonds is 3. The molecular formula is C30H29N5O5. The van der Waals surface area contributed by atoms with E-state index in [1.807, 2.05) is 65.6 Å². The van der Waals surface area contributed by atoms with Gasteiger partial charge in [-0.3, -0.25) is 14.7 Å². The first-order valence-corrected chi connectivity index (χ1v) is 13.2. The molecule has 10 nitrogen and oxygen atoms in total. The fourth-order valence-electron chi connectivity index (χ4n) is 5.22. The highest BCUT2D eigenvalue weighted by Crippen LogP contribution is 2.42. The van der Waals surface area contributed by atoms with E-state index in [4.69, 9.17) is 14.2 Å². The zero-order valence-corrected chi connectivity index (χ0v) is 22.1. The van der Waals surface area contributed by atoms with Crippen LogP contribution in [0.15, 0.2) is 67.0 Å². The number of carbonyl (C=O) groups excluding carboxylic acids is 2. The zero-order valence-electron chi connectivity index (χ0n) is 22.1. The number of benzene rings is 3. The van der Waals surface area contributed by atoms with Crippen molar-refractivity contribution in [3.8, 4) is 28.6 Å². The molecule has 7 rings (SSSR count). The van der Waals surface area contributed by atoms with E-state index >= 15 is 0 Å². The minimum atomic E-state index is -0.382. The molecule has 1 unspecified atom stereocenters. The van der Waals surface area contributed by atoms with Gasteiger partial charge in [0.2, 0.25) is 0 Å². The van der Waals surface area contributed by atoms with Gasteiger partial charge >= 0.3 is 0 Å². The Labute approximate surface area is 231 Å². The molecule has 1 atom stereocenters. The van der Waals surface area contributed by atoms with Crippen LogP contribution in [0.4, 0.5) is 0 Å². The Kier molecular flexibility index (Phi) is 7.05. The van der Waals surface area contributed by atoms with Gasteiger partial charge in [-0.1, -0.05) is 24.3 Å². The number of amides is 2. The number of fused-ring (bicyclic) bond motifs is 8. The molecule has 1 aromatic heterocycles. The number of aromatic nitrogens is 3. The molecule has 0 aliphatic carbocycles. The Morgan fingerprint density at radius 1 is 1.10 bits per heavy atom. The van der Waals surface area contributed by atoms with E-state index in [1.54, 1.807) is 7.11 Å². The van der Waals surface area contributed by atoms with Crippen molar-refractivity contribution in [1.29, 1.82) is 0 Å². The molecule has 3 aliphatic rings. The molecule has 0 saturated carbocycles. The Morgan fingerprint density at radius 2 is 1.98 bits per heavy atom. The summed E-state index contributed by atoms with van der Waals surface area (Å²) in [5.41, 5.74) is 4.32. The first-order chi connectivity index (χ1) is 19.6. The number of nitrogens with zero attached hydrogens (tertiary/aromatic N) is 3. The van der Waals surface area contributed by atoms with Crippen LogP contribution in [0, 0.1) is 0 Å². The second-order valence-corrected chi connectivity index (χ2v) is 9.68. The van der Waals surface area contributed by atoms with Gasteiger partial charge in [-0.2, -0.15) is 5.10 Å². The molecule has 0 spiro atoms. The van der Waals surface area contributed by atoms with E-state index in [2.05, 4.69) is 20.5 Å². The third kappa shape index (κ3) is 5.07. The maximum Gasteiger partial charge on any atom is 0.257 e. The molecule has 3 aromatic carbocycles. The van der Waals surface area contributed by atoms with E-state index in [0.717, 1.165) is 22.3 Å². The van der Waals surface area contributed by atoms with Crippen molar-refractivity contribution < 1.29 is 23.8 Å². The number of ether oxygens (including phenoxy) is 3. The first kappa shape index (κ1) is 25.4. The minimum Gasteiger partial charge on any atom is -0.494 e. The molecule has 204 valence electrons. The predicted molar refractivity (Wildman–Crippen MR) is 146 cm³/mol. The first-order valence-electron chi connectivity index (χ1n) is 13.2. The summed E-state index contributed by atoms with van der Waals surface area (Å²) in [6.07, 6.45) is 2.72. The maximum absolute atomic E-state index is 14.0. The van der Waals surface area contributed by atoms with Crippen LogP contribution in [-0.2, 0) is 11.2 Å². The van der Waals surface area contributed by atoms with Gasteiger partial charge in [0.25, 0.3) is 11.8 Å². The molecular weight excluding hydrogens is 510 g/mol. The van der Waals surface area contributed by atoms with Gasteiger partial charge in [-0.15, -0.1) is 0 Å². The fourth-order valence-corrected chi connectivity index (χ4v) is 5.22. The van der Waals surface area contributed by atoms with Crippen LogP contribution in [0.1, 0.15) is 39.5 Å². The third-order valence-corrected chi connectivity index (χ3v) is 7.18. The summed E-state index contributed by atoms with van der Waals surface area (Å²) in [6.45, 7) is 1.30. The molecule has 10 heteroatoms. The zero-order chi connectivity index (χ0) is 27.5. The topological polar surface area (TPSA) is 119 Å². The van der Waals surface area contributed by atoms with Crippen molar-refractivity contribution in [3.63, 3.8) is 0 Å². The van der Waals surface area contributed by atoms with Gasteiger partial charge in [-0.25, -0.2) is 4.98 Å². The minimum absolute atomic E-state index is 0.0866. The number of hydrogen-bond donors (Lipinski definition) is 2. The van der Waals surface area contributed by atoms with E-state index in [0.29, 0.717) is 61.2 Å². The highest BCUT2D eigenvalue weighted by atomic mass is 16.5. The highest BCUT2D eigenvalue weighted by Gasteiger charge is 2.34. The van der Waals surface area contributed by atoms with Crippen LogP contribution in [-0.4, -0.2) is 65.3 Å². The summed E-state index contributed by atoms with van der Waals surface area (Å²) < 4.78 is 17.5. The Hall–Kier alpha value is -4.86. The molecule has 40 heavy (non-hydrogen) atoms. The van der Waals surface area contributed by atoms with Crippen molar-refractivity contribution in [2.45, 2.75) is 18.9 Å². The van der Waals surface area contributed by atoms with E-state index in [1.165, 1.54) is 6.33 Å². The third-order valence-electron chi connectivity index (χ3n) is 7.18. The van der Waals surface area contributed by atoms with Gasteiger partial charge in [0.15, 0.2) is 23.9 Å². The fraction of sp³-hybridized carbons (Fsp3) is 0.267. The summed E-state index contributed by atoms with van der Waals surface area (Å²) in [5, 5.41) is 9.60. The lowest BCUT2D eigenvalue weighted by Gasteiger charge is -2.38. The van der Waals surface area contributed by atoms with Crippen LogP contribution in [0.3, 0.4) is 0 Å². The summed E-state index contributed by atoms with van der Waals surface area (Å²) in [7, 11) is 1.57. The lowest BCUT2D eigenvalue weighted by Crippen LogP contribution is -2.40. The number of H-pyrrole nitrogens is 1. The van der Waals surface area contributed by atoms with Crippen LogP contribution in [0.25, 0.3) is 11.4 Å². The number of aromatic amines is 1. The summed E-state index contributed by atoms with van der Waals surface area (Å²) >= 11 is 0. The van der Waals surface area contributed by atoms with Crippen molar-refractivity contribution in [3.05, 3.63) is 89.2 Å². The van der Waals surface area contributed by atoms with Crippen LogP contribution < -0.4 is 19.5 Å². The second-order valence-electron chi connectivity index (χ2n) is 9.68. The van der Waals surface area contributed by atoms with Crippen LogP contribution in [0.5, 0.6) is 17.2 Å². The van der Waals surface area contributed by atoms with Gasteiger partial charge in [0.05, 0.1) is 19.8 Å². The van der Waals surface area contributed by atoms with Crippen molar-refractivity contribution in [2.75, 3.05) is 33.4 Å². The molecule has 0 fully saturated rings. The molecule has 4 aromatic rings. The summed E-state index contributed by atoms with van der Waals surface area (Å²) in [4.78, 5) is 32.4. The van der Waals surface area contributed by atoms with E-state index < -0.39 is 0 Å². The quantitative estimate of drug-likeness (QED) is 0.409. The van der Waals surface area contributed by atoms with Gasteiger partial charge in [-0.05, 0) is 65.9 Å². The van der Waals surface area contributed by atoms with Crippen molar-refractivity contribution >= 4 is 11.8 Å². The Bertz CT molecular complexity index is 1520. The predicted octanol–water partition coefficient (Wildman–Crippen LogP) is 3.55. The van der Waals surface area contributed by atoms with Gasteiger partial charge < -0.3 is 24.4 Å². The second kappa shape index (κ2) is 11.1. The SMILES string of the molecule is COc1cc2c3cc1OCC(=O)NCCCOc1cccc(c1)C2N(C(=O)c1ccc(-c2ncn[nH]2)cc1)CC3. The number of nitrogens with one attached hydrogen (secondary N) is 2. The highest BCUT2D eigenvalue weighted by molar-refractivity contribution is 5.95. The number of methoxy groups -OCH3 is 1. The Balaban J connectivity index is 1.41. The smallest absolute Gasteiger partial charge is 0.257 e. The van der Waals surface area contributed by atoms with Crippen molar-refractivity contribution in [2.24, 2.45) is 0 Å². The molecule has 0 saturated heterocycles. The maximum atomic E-state index is 14.0. The lowest BCUT2D eigenvalue weighted by molar-refractivity contribution is -0.123. The molecule has 6 bridgehead atoms. The average molecular weight is 540 g/mol. The Morgan fingerprint density at radius 3 is 2.77 bits per heavy atom. The van der Waals surface area contributed by atoms with E-state index in [-0.39, 0.29) is 24.5 Å². The molecule has 2 N–H and O–H groups in total. The molecule has 0 radical (unpaired) electrons. The molecule has 4 heterocycles. The number of carbonyl (C=O) groups is 2. The van der Waals surface area contributed by atoms with Crippen LogP contribution >= 0.6 is 0 Å². The van der Waals surface area contributed by atoms with Gasteiger partial charge in [0, 0.05) is 24.2 Å². The molecule has 3 aliphatic heterocycles. The van der Waals surface area contributed by atoms with Crippen LogP contribution in [0.2, 0.25) is 0 Å². The average Bonchev–Trinajstić information content (AvgIpc) is 3.53. The lowest BCUT2D eigenvalue weighted by atomic mass is 9.87. The largest absolute Gasteiger partial charge is 0.494 e. The standard InChI is InChI=1S/C30H29N5O5/c1-38-25-16-24-21-10-12-35(30(37)20-8-6-19(7-9-20)29-32-18-33-34-29)28(24)22-4-2-5-23(14-22)39-13-3-11-31-27(36)17-40-26(25)15-21/h2,4-9,14-16,18,28H,3,10-13,17H2,1H3,(H,31,36)(H,32,33,34). The normalized spacial score (nSPS) is 17.0. The number of hydrogen-bond acceptors (Lipinski definition) is 7. The van der Waals surface area contributed by atoms with E-state index in [9.17, 15) is 9.59 Å². The molecule has 2 amide bonds. The summed E-state index contributed by atoms with van der Waals surface area (Å²) in [6, 6.07) is 18.6. The summed E-state index contributed by atoms with van der Waals surface area (Å²) in [5.74, 6) is 2.06. The van der Waals surface area contributed by atoms with Crippen molar-refractivity contribution in [1.82, 2.24) is 25.4 Å². The monoisotopic (exact) mass is 539 g/mol. The van der Waals surface area contributed by atoms with Gasteiger partial charge in [0.1, 0.15) is 12.1 Å².